The molecular formula is C15H21BrFNO. The van der Waals surface area contributed by atoms with Crippen LogP contribution in [0.4, 0.5) is 4.39 Å². The lowest BCUT2D eigenvalue weighted by molar-refractivity contribution is 0.149. The Labute approximate surface area is 122 Å². The highest BCUT2D eigenvalue weighted by Gasteiger charge is 2.35. The maximum absolute atomic E-state index is 13.4. The standard InChI is InChI=1S/C15H21BrFNO/c1-2-6-18-10-15(5-7-19-11-15)9-12-8-13(17)3-4-14(12)16/h3-4,8,18H,2,5-7,9-11H2,1H3. The zero-order valence-electron chi connectivity index (χ0n) is 11.3. The molecule has 0 aliphatic carbocycles. The monoisotopic (exact) mass is 329 g/mol. The Balaban J connectivity index is 2.09. The van der Waals surface area contributed by atoms with Crippen LogP contribution in [-0.2, 0) is 11.2 Å². The molecule has 1 aromatic carbocycles. The zero-order chi connectivity index (χ0) is 13.7. The Hall–Kier alpha value is -0.450. The molecule has 4 heteroatoms. The van der Waals surface area contributed by atoms with Gasteiger partial charge in [-0.2, -0.15) is 0 Å². The zero-order valence-corrected chi connectivity index (χ0v) is 12.9. The summed E-state index contributed by atoms with van der Waals surface area (Å²) in [7, 11) is 0. The minimum Gasteiger partial charge on any atom is -0.381 e. The van der Waals surface area contributed by atoms with Crippen LogP contribution in [0.3, 0.4) is 0 Å². The van der Waals surface area contributed by atoms with Crippen molar-refractivity contribution in [3.63, 3.8) is 0 Å². The highest BCUT2D eigenvalue weighted by molar-refractivity contribution is 9.10. The Morgan fingerprint density at radius 3 is 3.00 bits per heavy atom. The van der Waals surface area contributed by atoms with Crippen LogP contribution in [0.25, 0.3) is 0 Å². The highest BCUT2D eigenvalue weighted by Crippen LogP contribution is 2.34. The van der Waals surface area contributed by atoms with Crippen LogP contribution in [-0.4, -0.2) is 26.3 Å². The van der Waals surface area contributed by atoms with Crippen molar-refractivity contribution in [2.75, 3.05) is 26.3 Å². The van der Waals surface area contributed by atoms with Gasteiger partial charge in [-0.1, -0.05) is 22.9 Å². The van der Waals surface area contributed by atoms with Crippen LogP contribution < -0.4 is 5.32 Å². The molecule has 1 fully saturated rings. The molecule has 1 heterocycles. The summed E-state index contributed by atoms with van der Waals surface area (Å²) in [5.74, 6) is -0.172. The van der Waals surface area contributed by atoms with Crippen LogP contribution >= 0.6 is 15.9 Å². The van der Waals surface area contributed by atoms with E-state index in [2.05, 4.69) is 28.2 Å². The Kier molecular flexibility index (Phi) is 5.37. The summed E-state index contributed by atoms with van der Waals surface area (Å²) in [6.45, 7) is 5.68. The van der Waals surface area contributed by atoms with Gasteiger partial charge in [0.2, 0.25) is 0 Å². The lowest BCUT2D eigenvalue weighted by Gasteiger charge is -2.28. The van der Waals surface area contributed by atoms with Gasteiger partial charge in [0, 0.05) is 23.0 Å². The van der Waals surface area contributed by atoms with E-state index < -0.39 is 0 Å². The second kappa shape index (κ2) is 6.82. The minimum absolute atomic E-state index is 0.103. The second-order valence-electron chi connectivity index (χ2n) is 5.39. The minimum atomic E-state index is -0.172. The first-order chi connectivity index (χ1) is 9.15. The summed E-state index contributed by atoms with van der Waals surface area (Å²) in [4.78, 5) is 0. The SMILES string of the molecule is CCCNCC1(Cc2cc(F)ccc2Br)CCOC1. The normalized spacial score (nSPS) is 22.9. The smallest absolute Gasteiger partial charge is 0.123 e. The largest absolute Gasteiger partial charge is 0.381 e. The van der Waals surface area contributed by atoms with Crippen molar-refractivity contribution in [2.45, 2.75) is 26.2 Å². The number of hydrogen-bond acceptors (Lipinski definition) is 2. The lowest BCUT2D eigenvalue weighted by Crippen LogP contribution is -2.37. The van der Waals surface area contributed by atoms with E-state index in [4.69, 9.17) is 4.74 Å². The van der Waals surface area contributed by atoms with Gasteiger partial charge in [0.1, 0.15) is 5.82 Å². The van der Waals surface area contributed by atoms with Gasteiger partial charge in [-0.15, -0.1) is 0 Å². The number of rotatable bonds is 6. The Bertz CT molecular complexity index is 419. The third kappa shape index (κ3) is 4.01. The molecule has 0 radical (unpaired) electrons. The molecule has 0 spiro atoms. The van der Waals surface area contributed by atoms with E-state index in [9.17, 15) is 4.39 Å². The molecule has 1 saturated heterocycles. The van der Waals surface area contributed by atoms with Crippen molar-refractivity contribution >= 4 is 15.9 Å². The molecule has 1 atom stereocenters. The summed E-state index contributed by atoms with van der Waals surface area (Å²) in [6, 6.07) is 4.90. The molecule has 1 aliphatic heterocycles. The molecule has 106 valence electrons. The summed E-state index contributed by atoms with van der Waals surface area (Å²) in [5.41, 5.74) is 1.13. The maximum Gasteiger partial charge on any atom is 0.123 e. The molecule has 19 heavy (non-hydrogen) atoms. The number of halogens is 2. The van der Waals surface area contributed by atoms with Crippen molar-refractivity contribution in [3.05, 3.63) is 34.1 Å². The number of benzene rings is 1. The van der Waals surface area contributed by atoms with E-state index in [0.717, 1.165) is 55.6 Å². The van der Waals surface area contributed by atoms with Crippen LogP contribution in [0.5, 0.6) is 0 Å². The van der Waals surface area contributed by atoms with Gasteiger partial charge in [0.15, 0.2) is 0 Å². The number of ether oxygens (including phenoxy) is 1. The highest BCUT2D eigenvalue weighted by atomic mass is 79.9. The molecule has 2 rings (SSSR count). The van der Waals surface area contributed by atoms with Gasteiger partial charge < -0.3 is 10.1 Å². The van der Waals surface area contributed by atoms with Gasteiger partial charge >= 0.3 is 0 Å². The first-order valence-electron chi connectivity index (χ1n) is 6.88. The van der Waals surface area contributed by atoms with E-state index in [1.807, 2.05) is 0 Å². The van der Waals surface area contributed by atoms with Crippen molar-refractivity contribution in [2.24, 2.45) is 5.41 Å². The molecular weight excluding hydrogens is 309 g/mol. The molecule has 0 amide bonds. The van der Waals surface area contributed by atoms with Gasteiger partial charge in [0.05, 0.1) is 6.61 Å². The maximum atomic E-state index is 13.4. The van der Waals surface area contributed by atoms with Crippen molar-refractivity contribution in [1.82, 2.24) is 5.32 Å². The van der Waals surface area contributed by atoms with E-state index in [1.165, 1.54) is 6.07 Å². The number of nitrogens with one attached hydrogen (secondary N) is 1. The van der Waals surface area contributed by atoms with Crippen LogP contribution in [0.2, 0.25) is 0 Å². The molecule has 0 bridgehead atoms. The van der Waals surface area contributed by atoms with Crippen LogP contribution in [0.15, 0.2) is 22.7 Å². The molecule has 1 N–H and O–H groups in total. The summed E-state index contributed by atoms with van der Waals surface area (Å²) >= 11 is 3.52. The van der Waals surface area contributed by atoms with Gasteiger partial charge in [-0.25, -0.2) is 4.39 Å². The third-order valence-corrected chi connectivity index (χ3v) is 4.46. The van der Waals surface area contributed by atoms with Gasteiger partial charge in [-0.3, -0.25) is 0 Å². The molecule has 1 aromatic rings. The molecule has 1 aliphatic rings. The third-order valence-electron chi connectivity index (χ3n) is 3.68. The summed E-state index contributed by atoms with van der Waals surface area (Å²) in [6.07, 6.45) is 3.01. The number of hydrogen-bond donors (Lipinski definition) is 1. The summed E-state index contributed by atoms with van der Waals surface area (Å²) in [5, 5.41) is 3.48. The predicted octanol–water partition coefficient (Wildman–Crippen LogP) is 3.54. The molecule has 0 saturated carbocycles. The van der Waals surface area contributed by atoms with Gasteiger partial charge in [0.25, 0.3) is 0 Å². The fourth-order valence-corrected chi connectivity index (χ4v) is 2.99. The predicted molar refractivity (Wildman–Crippen MR) is 78.8 cm³/mol. The van der Waals surface area contributed by atoms with Crippen molar-refractivity contribution in [1.29, 1.82) is 0 Å². The lowest BCUT2D eigenvalue weighted by atomic mass is 9.81. The van der Waals surface area contributed by atoms with Crippen LogP contribution in [0.1, 0.15) is 25.3 Å². The van der Waals surface area contributed by atoms with E-state index >= 15 is 0 Å². The first kappa shape index (κ1) is 14.9. The summed E-state index contributed by atoms with van der Waals surface area (Å²) < 4.78 is 20.0. The molecule has 2 nitrogen and oxygen atoms in total. The Morgan fingerprint density at radius 2 is 2.32 bits per heavy atom. The van der Waals surface area contributed by atoms with E-state index in [0.29, 0.717) is 0 Å². The second-order valence-corrected chi connectivity index (χ2v) is 6.25. The van der Waals surface area contributed by atoms with Gasteiger partial charge in [-0.05, 0) is 49.6 Å². The Morgan fingerprint density at radius 1 is 1.47 bits per heavy atom. The quantitative estimate of drug-likeness (QED) is 0.806. The average molecular weight is 330 g/mol. The molecule has 0 aromatic heterocycles. The fraction of sp³-hybridized carbons (Fsp3) is 0.600. The van der Waals surface area contributed by atoms with E-state index in [-0.39, 0.29) is 11.2 Å². The average Bonchev–Trinajstić information content (AvgIpc) is 2.83. The van der Waals surface area contributed by atoms with E-state index in [1.54, 1.807) is 12.1 Å². The topological polar surface area (TPSA) is 21.3 Å². The van der Waals surface area contributed by atoms with Crippen LogP contribution in [0, 0.1) is 11.2 Å². The first-order valence-corrected chi connectivity index (χ1v) is 7.67. The van der Waals surface area contributed by atoms with Crippen molar-refractivity contribution < 1.29 is 9.13 Å². The van der Waals surface area contributed by atoms with Crippen molar-refractivity contribution in [3.8, 4) is 0 Å². The molecule has 1 unspecified atom stereocenters. The fourth-order valence-electron chi connectivity index (χ4n) is 2.60.